The van der Waals surface area contributed by atoms with Gasteiger partial charge in [0.1, 0.15) is 0 Å². The van der Waals surface area contributed by atoms with Gasteiger partial charge >= 0.3 is 0 Å². The van der Waals surface area contributed by atoms with Gasteiger partial charge in [0.05, 0.1) is 28.6 Å². The summed E-state index contributed by atoms with van der Waals surface area (Å²) in [6.07, 6.45) is -1.10. The van der Waals surface area contributed by atoms with Gasteiger partial charge in [-0.3, -0.25) is 29.3 Å². The maximum absolute atomic E-state index is 13.8. The predicted molar refractivity (Wildman–Crippen MR) is 126 cm³/mol. The number of nitro groups is 1. The second-order valence-electron chi connectivity index (χ2n) is 8.82. The van der Waals surface area contributed by atoms with Crippen molar-refractivity contribution in [2.45, 2.75) is 11.7 Å². The number of nitro benzene ring substituents is 1. The van der Waals surface area contributed by atoms with Crippen LogP contribution >= 0.6 is 11.6 Å². The van der Waals surface area contributed by atoms with Gasteiger partial charge in [-0.2, -0.15) is 0 Å². The molecular weight excluding hydrogens is 488 g/mol. The Bertz CT molecular complexity index is 1480. The van der Waals surface area contributed by atoms with Crippen molar-refractivity contribution in [1.82, 2.24) is 0 Å². The van der Waals surface area contributed by atoms with Crippen molar-refractivity contribution in [2.75, 3.05) is 4.90 Å². The van der Waals surface area contributed by atoms with Gasteiger partial charge in [0.15, 0.2) is 0 Å². The van der Waals surface area contributed by atoms with E-state index in [4.69, 9.17) is 16.3 Å². The molecule has 2 saturated heterocycles. The van der Waals surface area contributed by atoms with Crippen LogP contribution in [0.4, 0.5) is 11.4 Å². The second kappa shape index (κ2) is 7.64. The van der Waals surface area contributed by atoms with Crippen LogP contribution in [0.5, 0.6) is 0 Å². The van der Waals surface area contributed by atoms with E-state index in [2.05, 4.69) is 0 Å². The number of ketones is 2. The topological polar surface area (TPSA) is 124 Å². The van der Waals surface area contributed by atoms with Crippen molar-refractivity contribution in [2.24, 2.45) is 11.8 Å². The fourth-order valence-electron chi connectivity index (χ4n) is 5.47. The van der Waals surface area contributed by atoms with E-state index in [0.717, 1.165) is 11.0 Å². The molecular formula is C26H15ClN2O7. The molecule has 0 radical (unpaired) electrons. The van der Waals surface area contributed by atoms with Gasteiger partial charge in [-0.1, -0.05) is 54.1 Å². The molecule has 2 aliphatic heterocycles. The van der Waals surface area contributed by atoms with Crippen LogP contribution in [0, 0.1) is 22.0 Å². The van der Waals surface area contributed by atoms with E-state index in [1.165, 1.54) is 30.3 Å². The molecule has 2 amide bonds. The van der Waals surface area contributed by atoms with Crippen molar-refractivity contribution >= 4 is 46.4 Å². The van der Waals surface area contributed by atoms with Crippen LogP contribution in [0.2, 0.25) is 5.02 Å². The first-order valence-electron chi connectivity index (χ1n) is 11.0. The molecule has 0 aromatic heterocycles. The van der Waals surface area contributed by atoms with Gasteiger partial charge in [-0.15, -0.1) is 0 Å². The number of fused-ring (bicyclic) bond motifs is 3. The third-order valence-electron chi connectivity index (χ3n) is 7.02. The highest BCUT2D eigenvalue weighted by Gasteiger charge is 2.74. The Morgan fingerprint density at radius 2 is 1.50 bits per heavy atom. The van der Waals surface area contributed by atoms with Crippen molar-refractivity contribution in [3.05, 3.63) is 105 Å². The molecule has 9 nitrogen and oxygen atoms in total. The van der Waals surface area contributed by atoms with E-state index in [0.29, 0.717) is 10.6 Å². The first kappa shape index (κ1) is 22.3. The number of imide groups is 1. The van der Waals surface area contributed by atoms with Crippen molar-refractivity contribution in [3.63, 3.8) is 0 Å². The lowest BCUT2D eigenvalue weighted by Gasteiger charge is -2.27. The maximum Gasteiger partial charge on any atom is 0.271 e. The summed E-state index contributed by atoms with van der Waals surface area (Å²) in [4.78, 5) is 66.5. The Morgan fingerprint density at radius 3 is 2.11 bits per heavy atom. The van der Waals surface area contributed by atoms with E-state index in [1.54, 1.807) is 36.4 Å². The average molecular weight is 503 g/mol. The number of anilines is 1. The largest absolute Gasteiger partial charge is 0.349 e. The predicted octanol–water partition coefficient (Wildman–Crippen LogP) is 3.94. The molecule has 0 bridgehead atoms. The Balaban J connectivity index is 1.54. The number of rotatable bonds is 3. The number of ether oxygens (including phenoxy) is 1. The molecule has 0 N–H and O–H groups in total. The summed E-state index contributed by atoms with van der Waals surface area (Å²) >= 11 is 6.02. The first-order valence-corrected chi connectivity index (χ1v) is 11.4. The number of amides is 2. The molecule has 2 fully saturated rings. The molecule has 3 aromatic rings. The number of halogens is 1. The number of carbonyl (C=O) groups is 4. The fraction of sp³-hybridized carbons (Fsp3) is 0.154. The molecule has 0 saturated carbocycles. The molecule has 1 spiro atoms. The molecule has 178 valence electrons. The molecule has 10 heteroatoms. The number of hydrogen-bond donors (Lipinski definition) is 0. The SMILES string of the molecule is O=C1[C@@H]2[C@@H](c3ccc(Cl)cc3)OC3(C(=O)c4ccccc4C3=O)[C@H]2C(=O)N1c1cccc([N+](=O)[O-])c1. The maximum atomic E-state index is 13.8. The third-order valence-corrected chi connectivity index (χ3v) is 7.27. The van der Waals surface area contributed by atoms with Crippen molar-refractivity contribution < 1.29 is 28.8 Å². The fourth-order valence-corrected chi connectivity index (χ4v) is 5.60. The second-order valence-corrected chi connectivity index (χ2v) is 9.26. The Morgan fingerprint density at radius 1 is 0.861 bits per heavy atom. The zero-order valence-electron chi connectivity index (χ0n) is 18.3. The number of Topliss-reactive ketones (excluding diaryl/α,β-unsaturated/α-hetero) is 2. The van der Waals surface area contributed by atoms with Gasteiger partial charge in [0.25, 0.3) is 5.69 Å². The van der Waals surface area contributed by atoms with Crippen molar-refractivity contribution in [3.8, 4) is 0 Å². The summed E-state index contributed by atoms with van der Waals surface area (Å²) in [5.74, 6) is -5.55. The van der Waals surface area contributed by atoms with E-state index in [1.807, 2.05) is 0 Å². The van der Waals surface area contributed by atoms with E-state index < -0.39 is 51.8 Å². The molecule has 3 atom stereocenters. The zero-order chi connectivity index (χ0) is 25.4. The number of carbonyl (C=O) groups excluding carboxylic acids is 4. The summed E-state index contributed by atoms with van der Waals surface area (Å²) in [6, 6.07) is 17.6. The highest BCUT2D eigenvalue weighted by atomic mass is 35.5. The number of non-ortho nitro benzene ring substituents is 1. The zero-order valence-corrected chi connectivity index (χ0v) is 19.0. The van der Waals surface area contributed by atoms with Crippen LogP contribution in [0.1, 0.15) is 32.4 Å². The number of benzene rings is 3. The minimum Gasteiger partial charge on any atom is -0.349 e. The Labute approximate surface area is 208 Å². The Hall–Kier alpha value is -4.21. The summed E-state index contributed by atoms with van der Waals surface area (Å²) in [5, 5.41) is 11.7. The highest BCUT2D eigenvalue weighted by molar-refractivity contribution is 6.37. The molecule has 3 aliphatic rings. The Kier molecular flexibility index (Phi) is 4.73. The van der Waals surface area contributed by atoms with Crippen LogP contribution < -0.4 is 4.90 Å². The van der Waals surface area contributed by atoms with E-state index in [9.17, 15) is 29.3 Å². The molecule has 0 unspecified atom stereocenters. The molecule has 36 heavy (non-hydrogen) atoms. The normalized spacial score (nSPS) is 23.9. The summed E-state index contributed by atoms with van der Waals surface area (Å²) in [6.45, 7) is 0. The third kappa shape index (κ3) is 2.81. The number of hydrogen-bond acceptors (Lipinski definition) is 7. The monoisotopic (exact) mass is 502 g/mol. The van der Waals surface area contributed by atoms with Crippen LogP contribution in [-0.4, -0.2) is 33.9 Å². The highest BCUT2D eigenvalue weighted by Crippen LogP contribution is 2.57. The summed E-state index contributed by atoms with van der Waals surface area (Å²) < 4.78 is 6.18. The lowest BCUT2D eigenvalue weighted by Crippen LogP contribution is -2.51. The van der Waals surface area contributed by atoms with Gasteiger partial charge in [0, 0.05) is 28.3 Å². The van der Waals surface area contributed by atoms with Gasteiger partial charge < -0.3 is 4.74 Å². The molecule has 1 aliphatic carbocycles. The molecule has 3 aromatic carbocycles. The standard InChI is InChI=1S/C26H15ClN2O7/c27-14-10-8-13(9-11-14)21-19-20(26(36-21)22(30)17-6-1-2-7-18(17)23(26)31)25(33)28(24(19)32)15-4-3-5-16(12-15)29(34)35/h1-12,19-21H/t19-,20+,21+/m0/s1. The molecule has 6 rings (SSSR count). The first-order chi connectivity index (χ1) is 17.3. The minimum atomic E-state index is -2.22. The molecule has 2 heterocycles. The van der Waals surface area contributed by atoms with Gasteiger partial charge in [-0.05, 0) is 23.8 Å². The number of nitrogens with zero attached hydrogens (tertiary/aromatic N) is 2. The minimum absolute atomic E-state index is 0.0194. The van der Waals surface area contributed by atoms with E-state index in [-0.39, 0.29) is 22.5 Å². The lowest BCUT2D eigenvalue weighted by molar-refractivity contribution is -0.384. The van der Waals surface area contributed by atoms with Crippen LogP contribution in [0.3, 0.4) is 0 Å². The van der Waals surface area contributed by atoms with Crippen LogP contribution in [0.15, 0.2) is 72.8 Å². The van der Waals surface area contributed by atoms with Crippen LogP contribution in [-0.2, 0) is 14.3 Å². The lowest BCUT2D eigenvalue weighted by atomic mass is 9.77. The van der Waals surface area contributed by atoms with Crippen molar-refractivity contribution in [1.29, 1.82) is 0 Å². The summed E-state index contributed by atoms with van der Waals surface area (Å²) in [5.41, 5.74) is -1.86. The van der Waals surface area contributed by atoms with E-state index >= 15 is 0 Å². The average Bonchev–Trinajstić information content (AvgIpc) is 3.44. The quantitative estimate of drug-likeness (QED) is 0.230. The smallest absolute Gasteiger partial charge is 0.271 e. The van der Waals surface area contributed by atoms with Gasteiger partial charge in [-0.25, -0.2) is 4.90 Å². The van der Waals surface area contributed by atoms with Gasteiger partial charge in [0.2, 0.25) is 29.0 Å². The van der Waals surface area contributed by atoms with Crippen LogP contribution in [0.25, 0.3) is 0 Å². The summed E-state index contributed by atoms with van der Waals surface area (Å²) in [7, 11) is 0.